The fourth-order valence-corrected chi connectivity index (χ4v) is 1.97. The molecule has 0 bridgehead atoms. The first-order valence-corrected chi connectivity index (χ1v) is 6.92. The molecule has 0 heterocycles. The molecule has 5 heteroatoms. The quantitative estimate of drug-likeness (QED) is 0.751. The highest BCUT2D eigenvalue weighted by Gasteiger charge is 2.11. The summed E-state index contributed by atoms with van der Waals surface area (Å²) in [6.45, 7) is 5.88. The van der Waals surface area contributed by atoms with Gasteiger partial charge in [0.25, 0.3) is 0 Å². The lowest BCUT2D eigenvalue weighted by atomic mass is 10.1. The molecular weight excluding hydrogens is 256 g/mol. The summed E-state index contributed by atoms with van der Waals surface area (Å²) in [5.41, 5.74) is 0.770. The molecule has 0 spiro atoms. The van der Waals surface area contributed by atoms with Gasteiger partial charge in [-0.15, -0.1) is 0 Å². The molecule has 1 unspecified atom stereocenters. The van der Waals surface area contributed by atoms with E-state index < -0.39 is 6.10 Å². The molecular formula is C15H24N2O3. The van der Waals surface area contributed by atoms with Crippen molar-refractivity contribution in [3.05, 3.63) is 29.8 Å². The Morgan fingerprint density at radius 1 is 1.40 bits per heavy atom. The summed E-state index contributed by atoms with van der Waals surface area (Å²) in [6.07, 6.45) is -0.658. The molecule has 0 radical (unpaired) electrons. The standard InChI is InChI=1S/C15H24N2O3/c1-4-17(5-2)15(19)11-16-10-14(18)12-7-6-8-13(9-12)20-3/h6-9,14,16,18H,4-5,10-11H2,1-3H3. The number of ether oxygens (including phenoxy) is 1. The molecule has 2 N–H and O–H groups in total. The van der Waals surface area contributed by atoms with Crippen LogP contribution in [0.15, 0.2) is 24.3 Å². The maximum Gasteiger partial charge on any atom is 0.236 e. The first-order chi connectivity index (χ1) is 9.62. The summed E-state index contributed by atoms with van der Waals surface area (Å²) in [5, 5.41) is 13.1. The van der Waals surface area contributed by atoms with Crippen LogP contribution in [-0.2, 0) is 4.79 Å². The minimum absolute atomic E-state index is 0.0489. The van der Waals surface area contributed by atoms with Crippen molar-refractivity contribution < 1.29 is 14.6 Å². The number of rotatable bonds is 8. The third kappa shape index (κ3) is 4.83. The Bertz CT molecular complexity index is 419. The molecule has 0 aliphatic carbocycles. The highest BCUT2D eigenvalue weighted by Crippen LogP contribution is 2.18. The second-order valence-corrected chi connectivity index (χ2v) is 4.49. The van der Waals surface area contributed by atoms with E-state index in [1.165, 1.54) is 0 Å². The minimum Gasteiger partial charge on any atom is -0.497 e. The zero-order valence-electron chi connectivity index (χ0n) is 12.4. The van der Waals surface area contributed by atoms with Gasteiger partial charge in [-0.05, 0) is 31.5 Å². The lowest BCUT2D eigenvalue weighted by molar-refractivity contribution is -0.129. The molecule has 1 aromatic rings. The van der Waals surface area contributed by atoms with Gasteiger partial charge < -0.3 is 20.1 Å². The van der Waals surface area contributed by atoms with Crippen LogP contribution in [0.2, 0.25) is 0 Å². The third-order valence-corrected chi connectivity index (χ3v) is 3.21. The summed E-state index contributed by atoms with van der Waals surface area (Å²) < 4.78 is 5.12. The maximum absolute atomic E-state index is 11.8. The zero-order valence-corrected chi connectivity index (χ0v) is 12.4. The number of amides is 1. The zero-order chi connectivity index (χ0) is 15.0. The van der Waals surface area contributed by atoms with Gasteiger partial charge in [-0.3, -0.25) is 4.79 Å². The van der Waals surface area contributed by atoms with E-state index in [0.29, 0.717) is 25.4 Å². The van der Waals surface area contributed by atoms with Gasteiger partial charge in [-0.1, -0.05) is 12.1 Å². The fraction of sp³-hybridized carbons (Fsp3) is 0.533. The van der Waals surface area contributed by atoms with E-state index in [1.807, 2.05) is 32.0 Å². The number of nitrogens with zero attached hydrogens (tertiary/aromatic N) is 1. The van der Waals surface area contributed by atoms with Crippen LogP contribution < -0.4 is 10.1 Å². The van der Waals surface area contributed by atoms with Gasteiger partial charge in [0, 0.05) is 19.6 Å². The number of carbonyl (C=O) groups is 1. The number of likely N-dealkylation sites (N-methyl/N-ethyl adjacent to an activating group) is 1. The van der Waals surface area contributed by atoms with Crippen molar-refractivity contribution in [2.75, 3.05) is 33.3 Å². The van der Waals surface area contributed by atoms with E-state index in [0.717, 1.165) is 5.56 Å². The van der Waals surface area contributed by atoms with Crippen LogP contribution in [0.3, 0.4) is 0 Å². The van der Waals surface area contributed by atoms with Crippen molar-refractivity contribution in [1.29, 1.82) is 0 Å². The Kier molecular flexibility index (Phi) is 7.04. The van der Waals surface area contributed by atoms with Crippen molar-refractivity contribution in [3.63, 3.8) is 0 Å². The van der Waals surface area contributed by atoms with Crippen molar-refractivity contribution in [2.45, 2.75) is 20.0 Å². The van der Waals surface area contributed by atoms with Crippen LogP contribution >= 0.6 is 0 Å². The monoisotopic (exact) mass is 280 g/mol. The van der Waals surface area contributed by atoms with E-state index in [2.05, 4.69) is 5.32 Å². The Balaban J connectivity index is 2.43. The fourth-order valence-electron chi connectivity index (χ4n) is 1.97. The highest BCUT2D eigenvalue weighted by molar-refractivity contribution is 5.78. The van der Waals surface area contributed by atoms with E-state index in [4.69, 9.17) is 4.74 Å². The normalized spacial score (nSPS) is 12.0. The molecule has 20 heavy (non-hydrogen) atoms. The van der Waals surface area contributed by atoms with Gasteiger partial charge >= 0.3 is 0 Å². The molecule has 1 rings (SSSR count). The molecule has 0 aromatic heterocycles. The van der Waals surface area contributed by atoms with Crippen molar-refractivity contribution in [2.24, 2.45) is 0 Å². The number of nitrogens with one attached hydrogen (secondary N) is 1. The molecule has 0 fully saturated rings. The van der Waals surface area contributed by atoms with Gasteiger partial charge in [-0.25, -0.2) is 0 Å². The smallest absolute Gasteiger partial charge is 0.236 e. The Labute approximate surface area is 120 Å². The molecule has 5 nitrogen and oxygen atoms in total. The molecule has 112 valence electrons. The third-order valence-electron chi connectivity index (χ3n) is 3.21. The lowest BCUT2D eigenvalue weighted by Crippen LogP contribution is -2.39. The number of carbonyl (C=O) groups excluding carboxylic acids is 1. The molecule has 1 aromatic carbocycles. The summed E-state index contributed by atoms with van der Waals surface area (Å²) in [5.74, 6) is 0.758. The number of hydrogen-bond donors (Lipinski definition) is 2. The van der Waals surface area contributed by atoms with Gasteiger partial charge in [0.05, 0.1) is 19.8 Å². The lowest BCUT2D eigenvalue weighted by Gasteiger charge is -2.19. The van der Waals surface area contributed by atoms with E-state index in [1.54, 1.807) is 18.1 Å². The van der Waals surface area contributed by atoms with Crippen LogP contribution in [-0.4, -0.2) is 49.2 Å². The van der Waals surface area contributed by atoms with Crippen LogP contribution in [0, 0.1) is 0 Å². The average molecular weight is 280 g/mol. The Hall–Kier alpha value is -1.59. The van der Waals surface area contributed by atoms with Crippen LogP contribution in [0.5, 0.6) is 5.75 Å². The number of benzene rings is 1. The first-order valence-electron chi connectivity index (χ1n) is 6.92. The van der Waals surface area contributed by atoms with Gasteiger partial charge in [0.15, 0.2) is 0 Å². The number of methoxy groups -OCH3 is 1. The van der Waals surface area contributed by atoms with E-state index >= 15 is 0 Å². The molecule has 0 saturated carbocycles. The summed E-state index contributed by atoms with van der Waals surface area (Å²) in [6, 6.07) is 7.28. The van der Waals surface area contributed by atoms with Crippen LogP contribution in [0.4, 0.5) is 0 Å². The average Bonchev–Trinajstić information content (AvgIpc) is 2.48. The minimum atomic E-state index is -0.658. The molecule has 0 aliphatic heterocycles. The van der Waals surface area contributed by atoms with Gasteiger partial charge in [-0.2, -0.15) is 0 Å². The van der Waals surface area contributed by atoms with Crippen molar-refractivity contribution >= 4 is 5.91 Å². The number of aliphatic hydroxyl groups is 1. The van der Waals surface area contributed by atoms with Gasteiger partial charge in [0.2, 0.25) is 5.91 Å². The number of aliphatic hydroxyl groups excluding tert-OH is 1. The second-order valence-electron chi connectivity index (χ2n) is 4.49. The van der Waals surface area contributed by atoms with Gasteiger partial charge in [0.1, 0.15) is 5.75 Å². The molecule has 0 saturated heterocycles. The predicted octanol–water partition coefficient (Wildman–Crippen LogP) is 1.19. The highest BCUT2D eigenvalue weighted by atomic mass is 16.5. The largest absolute Gasteiger partial charge is 0.497 e. The first kappa shape index (κ1) is 16.5. The number of hydrogen-bond acceptors (Lipinski definition) is 4. The van der Waals surface area contributed by atoms with E-state index in [-0.39, 0.29) is 12.5 Å². The summed E-state index contributed by atoms with van der Waals surface area (Å²) in [4.78, 5) is 13.5. The van der Waals surface area contributed by atoms with E-state index in [9.17, 15) is 9.90 Å². The summed E-state index contributed by atoms with van der Waals surface area (Å²) >= 11 is 0. The Morgan fingerprint density at radius 3 is 2.70 bits per heavy atom. The second kappa shape index (κ2) is 8.55. The van der Waals surface area contributed by atoms with Crippen LogP contribution in [0.25, 0.3) is 0 Å². The molecule has 1 amide bonds. The maximum atomic E-state index is 11.8. The molecule has 1 atom stereocenters. The van der Waals surface area contributed by atoms with Crippen molar-refractivity contribution in [3.8, 4) is 5.75 Å². The Morgan fingerprint density at radius 2 is 2.10 bits per heavy atom. The molecule has 0 aliphatic rings. The SMILES string of the molecule is CCN(CC)C(=O)CNCC(O)c1cccc(OC)c1. The topological polar surface area (TPSA) is 61.8 Å². The summed E-state index contributed by atoms with van der Waals surface area (Å²) in [7, 11) is 1.59. The van der Waals surface area contributed by atoms with Crippen molar-refractivity contribution in [1.82, 2.24) is 10.2 Å². The van der Waals surface area contributed by atoms with Crippen LogP contribution in [0.1, 0.15) is 25.5 Å². The predicted molar refractivity (Wildman–Crippen MR) is 78.8 cm³/mol.